The first kappa shape index (κ1) is 19.7. The van der Waals surface area contributed by atoms with Crippen molar-refractivity contribution in [1.82, 2.24) is 14.4 Å². The molecule has 5 aromatic rings. The molecule has 0 spiro atoms. The molecule has 0 aliphatic heterocycles. The minimum atomic E-state index is -4.52. The van der Waals surface area contributed by atoms with Gasteiger partial charge in [0.15, 0.2) is 5.69 Å². The number of pyridine rings is 1. The maximum absolute atomic E-state index is 13.0. The van der Waals surface area contributed by atoms with Crippen LogP contribution in [0.1, 0.15) is 16.1 Å². The number of H-pyrrole nitrogens is 1. The standard InChI is InChI=1S/C23H16F3N5O/c24-23(25,26)19-13-31-20(6-3-7-21(31)30-19)28-14-8-10-15(11-9-14)29-22(32)17-12-27-18-5-2-1-4-16(17)18/h1-13,27-28H,(H,29,32). The van der Waals surface area contributed by atoms with Gasteiger partial charge in [-0.2, -0.15) is 13.2 Å². The molecule has 3 aromatic heterocycles. The van der Waals surface area contributed by atoms with Crippen molar-refractivity contribution < 1.29 is 18.0 Å². The number of para-hydroxylation sites is 1. The number of imidazole rings is 1. The number of carbonyl (C=O) groups is 1. The molecule has 0 bridgehead atoms. The molecule has 3 heterocycles. The van der Waals surface area contributed by atoms with Gasteiger partial charge in [0.1, 0.15) is 11.5 Å². The molecule has 0 unspecified atom stereocenters. The molecule has 32 heavy (non-hydrogen) atoms. The van der Waals surface area contributed by atoms with E-state index >= 15 is 0 Å². The number of nitrogens with zero attached hydrogens (tertiary/aromatic N) is 2. The summed E-state index contributed by atoms with van der Waals surface area (Å²) in [6, 6.07) is 19.2. The van der Waals surface area contributed by atoms with Gasteiger partial charge in [0.25, 0.3) is 5.91 Å². The number of hydrogen-bond donors (Lipinski definition) is 3. The van der Waals surface area contributed by atoms with Crippen LogP contribution < -0.4 is 10.6 Å². The van der Waals surface area contributed by atoms with Crippen molar-refractivity contribution in [1.29, 1.82) is 0 Å². The Kier molecular flexibility index (Phi) is 4.58. The number of rotatable bonds is 4. The van der Waals surface area contributed by atoms with Crippen molar-refractivity contribution >= 4 is 39.6 Å². The second kappa shape index (κ2) is 7.45. The quantitative estimate of drug-likeness (QED) is 0.333. The third-order valence-corrected chi connectivity index (χ3v) is 5.03. The highest BCUT2D eigenvalue weighted by atomic mass is 19.4. The summed E-state index contributed by atoms with van der Waals surface area (Å²) < 4.78 is 40.3. The number of nitrogens with one attached hydrogen (secondary N) is 3. The molecule has 0 saturated carbocycles. The molecule has 0 aliphatic carbocycles. The fourth-order valence-corrected chi connectivity index (χ4v) is 3.49. The smallest absolute Gasteiger partial charge is 0.360 e. The molecule has 0 saturated heterocycles. The van der Waals surface area contributed by atoms with Gasteiger partial charge >= 0.3 is 6.18 Å². The van der Waals surface area contributed by atoms with Crippen molar-refractivity contribution in [2.45, 2.75) is 6.18 Å². The number of amides is 1. The molecule has 160 valence electrons. The van der Waals surface area contributed by atoms with Gasteiger partial charge in [-0.1, -0.05) is 24.3 Å². The van der Waals surface area contributed by atoms with Gasteiger partial charge in [-0.25, -0.2) is 4.98 Å². The second-order valence-corrected chi connectivity index (χ2v) is 7.17. The number of hydrogen-bond acceptors (Lipinski definition) is 3. The maximum atomic E-state index is 13.0. The molecular weight excluding hydrogens is 419 g/mol. The van der Waals surface area contributed by atoms with E-state index in [1.807, 2.05) is 24.3 Å². The Balaban J connectivity index is 1.34. The Bertz CT molecular complexity index is 1430. The van der Waals surface area contributed by atoms with Crippen LogP contribution in [0.2, 0.25) is 0 Å². The van der Waals surface area contributed by atoms with E-state index in [4.69, 9.17) is 0 Å². The van der Waals surface area contributed by atoms with Crippen molar-refractivity contribution in [3.8, 4) is 0 Å². The first-order valence-electron chi connectivity index (χ1n) is 9.68. The van der Waals surface area contributed by atoms with Crippen LogP contribution in [0.25, 0.3) is 16.6 Å². The van der Waals surface area contributed by atoms with Gasteiger partial charge in [0.05, 0.1) is 5.56 Å². The van der Waals surface area contributed by atoms with Crippen LogP contribution in [-0.4, -0.2) is 20.3 Å². The van der Waals surface area contributed by atoms with Crippen LogP contribution in [-0.2, 0) is 6.18 Å². The van der Waals surface area contributed by atoms with E-state index in [2.05, 4.69) is 20.6 Å². The lowest BCUT2D eigenvalue weighted by atomic mass is 10.1. The van der Waals surface area contributed by atoms with Crippen LogP contribution in [0, 0.1) is 0 Å². The predicted octanol–water partition coefficient (Wildman–Crippen LogP) is 5.83. The van der Waals surface area contributed by atoms with Gasteiger partial charge in [-0.15, -0.1) is 0 Å². The summed E-state index contributed by atoms with van der Waals surface area (Å²) in [7, 11) is 0. The third-order valence-electron chi connectivity index (χ3n) is 5.03. The number of benzene rings is 2. The van der Waals surface area contributed by atoms with Crippen LogP contribution in [0.3, 0.4) is 0 Å². The summed E-state index contributed by atoms with van der Waals surface area (Å²) in [6.07, 6.45) is -1.90. The average Bonchev–Trinajstić information content (AvgIpc) is 3.40. The van der Waals surface area contributed by atoms with Gasteiger partial charge < -0.3 is 15.6 Å². The fraction of sp³-hybridized carbons (Fsp3) is 0.0435. The van der Waals surface area contributed by atoms with E-state index in [-0.39, 0.29) is 11.6 Å². The first-order chi connectivity index (χ1) is 15.4. The summed E-state index contributed by atoms with van der Waals surface area (Å²) in [5.41, 5.74) is 1.87. The normalized spacial score (nSPS) is 11.7. The Morgan fingerprint density at radius 3 is 2.47 bits per heavy atom. The van der Waals surface area contributed by atoms with Gasteiger partial charge in [0.2, 0.25) is 0 Å². The Morgan fingerprint density at radius 2 is 1.69 bits per heavy atom. The molecule has 3 N–H and O–H groups in total. The summed E-state index contributed by atoms with van der Waals surface area (Å²) in [5.74, 6) is 0.187. The summed E-state index contributed by atoms with van der Waals surface area (Å²) in [5, 5.41) is 6.76. The maximum Gasteiger partial charge on any atom is 0.434 e. The molecule has 1 amide bonds. The zero-order valence-corrected chi connectivity index (χ0v) is 16.4. The van der Waals surface area contributed by atoms with E-state index in [1.54, 1.807) is 42.6 Å². The van der Waals surface area contributed by atoms with E-state index in [0.717, 1.165) is 17.1 Å². The molecule has 5 rings (SSSR count). The highest BCUT2D eigenvalue weighted by Crippen LogP contribution is 2.30. The number of anilines is 3. The molecule has 0 atom stereocenters. The van der Waals surface area contributed by atoms with Crippen molar-refractivity contribution in [2.75, 3.05) is 10.6 Å². The van der Waals surface area contributed by atoms with E-state index in [1.165, 1.54) is 10.5 Å². The van der Waals surface area contributed by atoms with Crippen LogP contribution in [0.5, 0.6) is 0 Å². The lowest BCUT2D eigenvalue weighted by molar-refractivity contribution is -0.140. The van der Waals surface area contributed by atoms with Crippen molar-refractivity contribution in [3.63, 3.8) is 0 Å². The molecule has 9 heteroatoms. The van der Waals surface area contributed by atoms with Crippen LogP contribution in [0.15, 0.2) is 79.1 Å². The number of aromatic amines is 1. The largest absolute Gasteiger partial charge is 0.434 e. The van der Waals surface area contributed by atoms with Gasteiger partial charge in [0, 0.05) is 34.7 Å². The Labute approximate surface area is 179 Å². The van der Waals surface area contributed by atoms with Crippen molar-refractivity contribution in [3.05, 3.63) is 90.4 Å². The fourth-order valence-electron chi connectivity index (χ4n) is 3.49. The second-order valence-electron chi connectivity index (χ2n) is 7.17. The minimum Gasteiger partial charge on any atom is -0.360 e. The van der Waals surface area contributed by atoms with Gasteiger partial charge in [-0.3, -0.25) is 9.20 Å². The highest BCUT2D eigenvalue weighted by molar-refractivity contribution is 6.12. The van der Waals surface area contributed by atoms with Crippen LogP contribution >= 0.6 is 0 Å². The Hall–Kier alpha value is -4.27. The minimum absolute atomic E-state index is 0.185. The summed E-state index contributed by atoms with van der Waals surface area (Å²) >= 11 is 0. The first-order valence-corrected chi connectivity index (χ1v) is 9.68. The summed E-state index contributed by atoms with van der Waals surface area (Å²) in [4.78, 5) is 19.3. The molecule has 0 aliphatic rings. The topological polar surface area (TPSA) is 74.2 Å². The number of fused-ring (bicyclic) bond motifs is 2. The number of carbonyl (C=O) groups excluding carboxylic acids is 1. The molecular formula is C23H16F3N5O. The van der Waals surface area contributed by atoms with E-state index in [0.29, 0.717) is 22.8 Å². The number of aromatic nitrogens is 3. The van der Waals surface area contributed by atoms with Gasteiger partial charge in [-0.05, 0) is 42.5 Å². The third kappa shape index (κ3) is 3.64. The molecule has 6 nitrogen and oxygen atoms in total. The number of halogens is 3. The van der Waals surface area contributed by atoms with E-state index < -0.39 is 11.9 Å². The molecule has 0 fully saturated rings. The lowest BCUT2D eigenvalue weighted by Gasteiger charge is -2.10. The zero-order valence-electron chi connectivity index (χ0n) is 16.4. The molecule has 2 aromatic carbocycles. The predicted molar refractivity (Wildman–Crippen MR) is 116 cm³/mol. The zero-order chi connectivity index (χ0) is 22.3. The lowest BCUT2D eigenvalue weighted by Crippen LogP contribution is -2.11. The Morgan fingerprint density at radius 1 is 0.938 bits per heavy atom. The van der Waals surface area contributed by atoms with Crippen LogP contribution in [0.4, 0.5) is 30.4 Å². The van der Waals surface area contributed by atoms with E-state index in [9.17, 15) is 18.0 Å². The number of alkyl halides is 3. The summed E-state index contributed by atoms with van der Waals surface area (Å²) in [6.45, 7) is 0. The molecule has 0 radical (unpaired) electrons. The average molecular weight is 435 g/mol. The SMILES string of the molecule is O=C(Nc1ccc(Nc2cccc3nc(C(F)(F)F)cn23)cc1)c1c[nH]c2ccccc12. The highest BCUT2D eigenvalue weighted by Gasteiger charge is 2.34. The monoisotopic (exact) mass is 435 g/mol. The van der Waals surface area contributed by atoms with Crippen molar-refractivity contribution in [2.24, 2.45) is 0 Å².